The third-order valence-electron chi connectivity index (χ3n) is 2.68. The van der Waals surface area contributed by atoms with E-state index >= 15 is 0 Å². The number of hydrogen-bond donors (Lipinski definition) is 0. The van der Waals surface area contributed by atoms with Gasteiger partial charge in [0.05, 0.1) is 6.26 Å². The highest BCUT2D eigenvalue weighted by Gasteiger charge is 1.90. The van der Waals surface area contributed by atoms with Gasteiger partial charge in [0.2, 0.25) is 0 Å². The zero-order valence-corrected chi connectivity index (χ0v) is 13.1. The molecule has 0 unspecified atom stereocenters. The van der Waals surface area contributed by atoms with Crippen molar-refractivity contribution in [1.82, 2.24) is 0 Å². The van der Waals surface area contributed by atoms with Crippen molar-refractivity contribution in [3.8, 4) is 0 Å². The van der Waals surface area contributed by atoms with Crippen molar-refractivity contribution in [2.75, 3.05) is 0 Å². The van der Waals surface area contributed by atoms with E-state index in [1.54, 1.807) is 6.08 Å². The molecule has 0 aromatic rings. The largest absolute Gasteiger partial charge is 0.431 e. The van der Waals surface area contributed by atoms with Crippen molar-refractivity contribution in [3.63, 3.8) is 0 Å². The molecule has 0 N–H and O–H groups in total. The first kappa shape index (κ1) is 18.2. The quantitative estimate of drug-likeness (QED) is 0.198. The number of rotatable bonds is 8. The molecule has 2 heteroatoms. The first-order valence-corrected chi connectivity index (χ1v) is 6.91. The summed E-state index contributed by atoms with van der Waals surface area (Å²) in [4.78, 5) is 10.8. The average molecular weight is 274 g/mol. The van der Waals surface area contributed by atoms with Crippen LogP contribution in [0.15, 0.2) is 59.9 Å². The molecule has 0 bridgehead atoms. The van der Waals surface area contributed by atoms with Gasteiger partial charge >= 0.3 is 5.97 Å². The third-order valence-corrected chi connectivity index (χ3v) is 2.68. The Morgan fingerprint density at radius 3 is 2.40 bits per heavy atom. The number of carbonyl (C=O) groups is 1. The average Bonchev–Trinajstić information content (AvgIpc) is 2.38. The van der Waals surface area contributed by atoms with Crippen molar-refractivity contribution in [2.24, 2.45) is 0 Å². The third kappa shape index (κ3) is 11.3. The van der Waals surface area contributed by atoms with Gasteiger partial charge in [-0.3, -0.25) is 0 Å². The van der Waals surface area contributed by atoms with E-state index in [1.807, 2.05) is 6.92 Å². The van der Waals surface area contributed by atoms with E-state index in [2.05, 4.69) is 45.6 Å². The van der Waals surface area contributed by atoms with Crippen LogP contribution in [0, 0.1) is 0 Å². The number of ether oxygens (including phenoxy) is 1. The molecule has 0 aliphatic rings. The fraction of sp³-hybridized carbons (Fsp3) is 0.389. The lowest BCUT2D eigenvalue weighted by Crippen LogP contribution is -1.91. The van der Waals surface area contributed by atoms with Gasteiger partial charge in [0.25, 0.3) is 0 Å². The molecule has 2 nitrogen and oxygen atoms in total. The number of allylic oxidation sites excluding steroid dienone is 7. The van der Waals surface area contributed by atoms with Crippen molar-refractivity contribution in [3.05, 3.63) is 59.9 Å². The van der Waals surface area contributed by atoms with E-state index < -0.39 is 5.97 Å². The predicted molar refractivity (Wildman–Crippen MR) is 86.2 cm³/mol. The summed E-state index contributed by atoms with van der Waals surface area (Å²) in [7, 11) is 0. The van der Waals surface area contributed by atoms with Crippen LogP contribution in [-0.4, -0.2) is 5.97 Å². The van der Waals surface area contributed by atoms with Crippen molar-refractivity contribution < 1.29 is 9.53 Å². The van der Waals surface area contributed by atoms with Crippen LogP contribution in [-0.2, 0) is 9.53 Å². The summed E-state index contributed by atoms with van der Waals surface area (Å²) in [5, 5.41) is 0. The van der Waals surface area contributed by atoms with Crippen LogP contribution in [0.5, 0.6) is 0 Å². The van der Waals surface area contributed by atoms with Gasteiger partial charge < -0.3 is 4.74 Å². The van der Waals surface area contributed by atoms with E-state index in [9.17, 15) is 4.79 Å². The van der Waals surface area contributed by atoms with E-state index in [0.717, 1.165) is 30.9 Å². The van der Waals surface area contributed by atoms with Crippen LogP contribution in [0.3, 0.4) is 0 Å². The van der Waals surface area contributed by atoms with Crippen LogP contribution in [0.4, 0.5) is 0 Å². The van der Waals surface area contributed by atoms with Crippen molar-refractivity contribution in [2.45, 2.75) is 47.0 Å². The summed E-state index contributed by atoms with van der Waals surface area (Å²) in [6, 6.07) is 0. The molecule has 0 rings (SSSR count). The lowest BCUT2D eigenvalue weighted by atomic mass is 10.1. The summed E-state index contributed by atoms with van der Waals surface area (Å²) < 4.78 is 4.76. The molecule has 0 fully saturated rings. The van der Waals surface area contributed by atoms with Crippen LogP contribution in [0.2, 0.25) is 0 Å². The SMILES string of the molecule is C=CC(=O)O/C=C/C(C)=C\C/C=C(\C)CCC=C(C)C. The molecule has 110 valence electrons. The summed E-state index contributed by atoms with van der Waals surface area (Å²) >= 11 is 0. The van der Waals surface area contributed by atoms with Gasteiger partial charge in [-0.25, -0.2) is 4.79 Å². The maximum Gasteiger partial charge on any atom is 0.334 e. The molecule has 0 aromatic carbocycles. The van der Waals surface area contributed by atoms with Crippen LogP contribution >= 0.6 is 0 Å². The van der Waals surface area contributed by atoms with Gasteiger partial charge in [0.1, 0.15) is 0 Å². The van der Waals surface area contributed by atoms with Crippen molar-refractivity contribution in [1.29, 1.82) is 0 Å². The Kier molecular flexibility index (Phi) is 10.0. The Balaban J connectivity index is 4.11. The number of esters is 1. The maximum absolute atomic E-state index is 10.8. The molecule has 0 saturated heterocycles. The maximum atomic E-state index is 10.8. The fourth-order valence-electron chi connectivity index (χ4n) is 1.46. The standard InChI is InChI=1S/C18H26O2/c1-6-18(19)20-14-13-17(5)12-8-11-16(4)10-7-9-15(2)3/h6,9,11-14H,1,7-8,10H2,2-5H3/b14-13+,16-11+,17-12-. The Morgan fingerprint density at radius 2 is 1.80 bits per heavy atom. The molecule has 0 aliphatic heterocycles. The Morgan fingerprint density at radius 1 is 1.10 bits per heavy atom. The smallest absolute Gasteiger partial charge is 0.334 e. The second kappa shape index (κ2) is 11.0. The molecule has 20 heavy (non-hydrogen) atoms. The fourth-order valence-corrected chi connectivity index (χ4v) is 1.46. The van der Waals surface area contributed by atoms with Crippen molar-refractivity contribution >= 4 is 5.97 Å². The highest BCUT2D eigenvalue weighted by Crippen LogP contribution is 2.08. The predicted octanol–water partition coefficient (Wildman–Crippen LogP) is 5.26. The molecular weight excluding hydrogens is 248 g/mol. The number of carbonyl (C=O) groups excluding carboxylic acids is 1. The summed E-state index contributed by atoms with van der Waals surface area (Å²) in [6.07, 6.45) is 14.0. The molecule has 0 atom stereocenters. The minimum atomic E-state index is -0.441. The first-order chi connectivity index (χ1) is 9.45. The summed E-state index contributed by atoms with van der Waals surface area (Å²) in [6.45, 7) is 11.7. The van der Waals surface area contributed by atoms with Crippen LogP contribution in [0.1, 0.15) is 47.0 Å². The van der Waals surface area contributed by atoms with Gasteiger partial charge in [-0.2, -0.15) is 0 Å². The molecule has 0 radical (unpaired) electrons. The second-order valence-electron chi connectivity index (χ2n) is 5.00. The normalized spacial score (nSPS) is 12.4. The highest BCUT2D eigenvalue weighted by molar-refractivity contribution is 5.81. The highest BCUT2D eigenvalue weighted by atomic mass is 16.5. The van der Waals surface area contributed by atoms with Gasteiger partial charge in [0.15, 0.2) is 0 Å². The van der Waals surface area contributed by atoms with Crippen LogP contribution in [0.25, 0.3) is 0 Å². The van der Waals surface area contributed by atoms with E-state index in [1.165, 1.54) is 17.4 Å². The zero-order chi connectivity index (χ0) is 15.4. The molecule has 0 spiro atoms. The van der Waals surface area contributed by atoms with Gasteiger partial charge in [-0.05, 0) is 53.0 Å². The van der Waals surface area contributed by atoms with E-state index in [4.69, 9.17) is 4.74 Å². The summed E-state index contributed by atoms with van der Waals surface area (Å²) in [5.41, 5.74) is 3.83. The van der Waals surface area contributed by atoms with Gasteiger partial charge in [-0.15, -0.1) is 0 Å². The monoisotopic (exact) mass is 274 g/mol. The van der Waals surface area contributed by atoms with E-state index in [-0.39, 0.29) is 0 Å². The second-order valence-corrected chi connectivity index (χ2v) is 5.00. The molecule has 0 amide bonds. The topological polar surface area (TPSA) is 26.3 Å². The molecule has 0 aromatic heterocycles. The lowest BCUT2D eigenvalue weighted by Gasteiger charge is -1.98. The summed E-state index contributed by atoms with van der Waals surface area (Å²) in [5.74, 6) is -0.441. The van der Waals surface area contributed by atoms with Gasteiger partial charge in [-0.1, -0.05) is 41.5 Å². The Bertz CT molecular complexity index is 430. The minimum absolute atomic E-state index is 0.441. The first-order valence-electron chi connectivity index (χ1n) is 6.91. The van der Waals surface area contributed by atoms with E-state index in [0.29, 0.717) is 0 Å². The Hall–Kier alpha value is -1.83. The minimum Gasteiger partial charge on any atom is -0.431 e. The molecule has 0 heterocycles. The molecular formula is C18H26O2. The Labute approximate surface area is 123 Å². The molecule has 0 saturated carbocycles. The lowest BCUT2D eigenvalue weighted by molar-refractivity contribution is -0.132. The van der Waals surface area contributed by atoms with Crippen LogP contribution < -0.4 is 0 Å². The number of hydrogen-bond acceptors (Lipinski definition) is 2. The van der Waals surface area contributed by atoms with Gasteiger partial charge in [0, 0.05) is 6.08 Å². The zero-order valence-electron chi connectivity index (χ0n) is 13.1. The molecule has 0 aliphatic carbocycles.